The second kappa shape index (κ2) is 7.88. The van der Waals surface area contributed by atoms with Crippen molar-refractivity contribution in [2.75, 3.05) is 6.54 Å². The van der Waals surface area contributed by atoms with Gasteiger partial charge in [-0.05, 0) is 45.6 Å². The van der Waals surface area contributed by atoms with Crippen LogP contribution in [0.3, 0.4) is 0 Å². The minimum atomic E-state index is -0.862. The van der Waals surface area contributed by atoms with E-state index < -0.39 is 5.60 Å². The third-order valence-corrected chi connectivity index (χ3v) is 6.16. The Labute approximate surface area is 186 Å². The smallest absolute Gasteiger partial charge is 0.241 e. The maximum absolute atomic E-state index is 11.7. The van der Waals surface area contributed by atoms with Crippen LogP contribution in [0.4, 0.5) is 0 Å². The van der Waals surface area contributed by atoms with E-state index in [1.54, 1.807) is 24.7 Å². The molecule has 2 N–H and O–H groups in total. The highest BCUT2D eigenvalue weighted by molar-refractivity contribution is 5.84. The van der Waals surface area contributed by atoms with Gasteiger partial charge in [0.05, 0.1) is 35.9 Å². The van der Waals surface area contributed by atoms with Crippen LogP contribution in [0.1, 0.15) is 40.0 Å². The van der Waals surface area contributed by atoms with Crippen molar-refractivity contribution in [2.45, 2.75) is 64.8 Å². The summed E-state index contributed by atoms with van der Waals surface area (Å²) in [5.41, 5.74) is 2.42. The van der Waals surface area contributed by atoms with Gasteiger partial charge in [-0.15, -0.1) is 0 Å². The molecule has 1 aliphatic carbocycles. The first kappa shape index (κ1) is 20.9. The Morgan fingerprint density at radius 3 is 2.88 bits per heavy atom. The third kappa shape index (κ3) is 4.48. The van der Waals surface area contributed by atoms with Crippen molar-refractivity contribution in [2.24, 2.45) is 11.8 Å². The van der Waals surface area contributed by atoms with Crippen LogP contribution >= 0.6 is 0 Å². The summed E-state index contributed by atoms with van der Waals surface area (Å²) in [6, 6.07) is 1.96. The molecule has 1 aliphatic heterocycles. The quantitative estimate of drug-likeness (QED) is 0.559. The fraction of sp³-hybridized carbons (Fsp3) is 0.565. The van der Waals surface area contributed by atoms with Crippen LogP contribution in [-0.2, 0) is 17.9 Å². The van der Waals surface area contributed by atoms with Gasteiger partial charge in [0, 0.05) is 37.2 Å². The van der Waals surface area contributed by atoms with Crippen LogP contribution in [0.5, 0.6) is 5.88 Å². The lowest BCUT2D eigenvalue weighted by Crippen LogP contribution is -2.26. The number of nitrogens with one attached hydrogen (secondary N) is 1. The maximum atomic E-state index is 11.7. The zero-order valence-corrected chi connectivity index (χ0v) is 18.8. The van der Waals surface area contributed by atoms with E-state index in [1.165, 1.54) is 12.8 Å². The van der Waals surface area contributed by atoms with E-state index in [0.717, 1.165) is 28.8 Å². The van der Waals surface area contributed by atoms with Gasteiger partial charge in [-0.3, -0.25) is 9.48 Å². The lowest BCUT2D eigenvalue weighted by Gasteiger charge is -2.20. The molecule has 9 nitrogen and oxygen atoms in total. The molecule has 3 aromatic heterocycles. The normalized spacial score (nSPS) is 20.0. The minimum absolute atomic E-state index is 0.0651. The number of ether oxygens (including phenoxy) is 1. The maximum Gasteiger partial charge on any atom is 0.241 e. The van der Waals surface area contributed by atoms with Crippen molar-refractivity contribution in [3.8, 4) is 17.1 Å². The fourth-order valence-corrected chi connectivity index (χ4v) is 4.22. The summed E-state index contributed by atoms with van der Waals surface area (Å²) in [6.07, 6.45) is 8.28. The van der Waals surface area contributed by atoms with Crippen molar-refractivity contribution in [3.63, 3.8) is 0 Å². The molecule has 170 valence electrons. The highest BCUT2D eigenvalue weighted by Gasteiger charge is 2.30. The number of carbonyl (C=O) groups excluding carboxylic acids is 1. The molecule has 9 heteroatoms. The summed E-state index contributed by atoms with van der Waals surface area (Å²) < 4.78 is 10.2. The predicted molar refractivity (Wildman–Crippen MR) is 119 cm³/mol. The second-order valence-electron chi connectivity index (χ2n) is 9.85. The summed E-state index contributed by atoms with van der Waals surface area (Å²) in [5.74, 6) is 1.40. The second-order valence-corrected chi connectivity index (χ2v) is 9.85. The number of aromatic nitrogens is 5. The van der Waals surface area contributed by atoms with Crippen LogP contribution < -0.4 is 10.1 Å². The lowest BCUT2D eigenvalue weighted by atomic mass is 10.0. The van der Waals surface area contributed by atoms with Crippen LogP contribution in [0.25, 0.3) is 22.3 Å². The molecule has 0 unspecified atom stereocenters. The Bertz CT molecular complexity index is 1140. The van der Waals surface area contributed by atoms with E-state index in [9.17, 15) is 9.90 Å². The SMILES string of the molecule is C[C@@H](Oc1nc(-c2cnn(CC(C)(C)O)c2)cc2ncn(CC3CC3)c12)[C@H]1CNC(=O)C1. The first-order valence-electron chi connectivity index (χ1n) is 11.3. The molecule has 1 amide bonds. The van der Waals surface area contributed by atoms with Gasteiger partial charge in [0.25, 0.3) is 0 Å². The molecule has 1 saturated carbocycles. The topological polar surface area (TPSA) is 107 Å². The van der Waals surface area contributed by atoms with E-state index in [0.29, 0.717) is 31.3 Å². The fourth-order valence-electron chi connectivity index (χ4n) is 4.22. The number of hydrogen-bond donors (Lipinski definition) is 2. The molecule has 5 rings (SSSR count). The predicted octanol–water partition coefficient (Wildman–Crippen LogP) is 2.38. The van der Waals surface area contributed by atoms with Crippen molar-refractivity contribution in [1.29, 1.82) is 0 Å². The summed E-state index contributed by atoms with van der Waals surface area (Å²) in [7, 11) is 0. The number of amides is 1. The number of pyridine rings is 1. The van der Waals surface area contributed by atoms with Gasteiger partial charge < -0.3 is 19.7 Å². The Kier molecular flexibility index (Phi) is 5.16. The van der Waals surface area contributed by atoms with Gasteiger partial charge in [0.1, 0.15) is 11.6 Å². The summed E-state index contributed by atoms with van der Waals surface area (Å²) in [4.78, 5) is 21.2. The summed E-state index contributed by atoms with van der Waals surface area (Å²) >= 11 is 0. The first-order valence-corrected chi connectivity index (χ1v) is 11.3. The Hall–Kier alpha value is -2.94. The number of nitrogens with zero attached hydrogens (tertiary/aromatic N) is 5. The van der Waals surface area contributed by atoms with Gasteiger partial charge in [-0.1, -0.05) is 0 Å². The van der Waals surface area contributed by atoms with E-state index in [4.69, 9.17) is 9.72 Å². The molecule has 0 bridgehead atoms. The van der Waals surface area contributed by atoms with Gasteiger partial charge in [-0.25, -0.2) is 9.97 Å². The molecule has 32 heavy (non-hydrogen) atoms. The first-order chi connectivity index (χ1) is 15.2. The molecular weight excluding hydrogens is 408 g/mol. The minimum Gasteiger partial charge on any atom is -0.473 e. The Balaban J connectivity index is 1.50. The number of hydrogen-bond acceptors (Lipinski definition) is 6. The third-order valence-electron chi connectivity index (χ3n) is 6.16. The Morgan fingerprint density at radius 2 is 2.19 bits per heavy atom. The van der Waals surface area contributed by atoms with E-state index >= 15 is 0 Å². The highest BCUT2D eigenvalue weighted by Crippen LogP contribution is 2.35. The van der Waals surface area contributed by atoms with Gasteiger partial charge in [-0.2, -0.15) is 5.10 Å². The number of imidazole rings is 1. The largest absolute Gasteiger partial charge is 0.473 e. The van der Waals surface area contributed by atoms with Crippen LogP contribution in [0, 0.1) is 11.8 Å². The zero-order chi connectivity index (χ0) is 22.5. The molecule has 3 aromatic rings. The molecule has 0 radical (unpaired) electrons. The molecule has 0 aromatic carbocycles. The van der Waals surface area contributed by atoms with Crippen LogP contribution in [0.2, 0.25) is 0 Å². The van der Waals surface area contributed by atoms with Crippen molar-refractivity contribution < 1.29 is 14.6 Å². The number of aliphatic hydroxyl groups is 1. The van der Waals surface area contributed by atoms with E-state index in [2.05, 4.69) is 20.0 Å². The highest BCUT2D eigenvalue weighted by atomic mass is 16.5. The van der Waals surface area contributed by atoms with Crippen molar-refractivity contribution in [3.05, 3.63) is 24.8 Å². The van der Waals surface area contributed by atoms with Gasteiger partial charge in [0.15, 0.2) is 0 Å². The molecule has 2 fully saturated rings. The van der Waals surface area contributed by atoms with Gasteiger partial charge >= 0.3 is 0 Å². The molecule has 0 spiro atoms. The van der Waals surface area contributed by atoms with Crippen molar-refractivity contribution in [1.82, 2.24) is 29.6 Å². The number of fused-ring (bicyclic) bond motifs is 1. The molecule has 4 heterocycles. The van der Waals surface area contributed by atoms with Crippen LogP contribution in [0.15, 0.2) is 24.8 Å². The average molecular weight is 439 g/mol. The monoisotopic (exact) mass is 438 g/mol. The van der Waals surface area contributed by atoms with E-state index in [-0.39, 0.29) is 17.9 Å². The van der Waals surface area contributed by atoms with Gasteiger partial charge in [0.2, 0.25) is 11.8 Å². The van der Waals surface area contributed by atoms with Crippen LogP contribution in [-0.4, -0.2) is 53.6 Å². The average Bonchev–Trinajstić information content (AvgIpc) is 3.08. The zero-order valence-electron chi connectivity index (χ0n) is 18.8. The molecular formula is C23H30N6O3. The molecule has 2 aliphatic rings. The molecule has 2 atom stereocenters. The summed E-state index contributed by atoms with van der Waals surface area (Å²) in [5, 5.41) is 17.4. The lowest BCUT2D eigenvalue weighted by molar-refractivity contribution is -0.119. The summed E-state index contributed by atoms with van der Waals surface area (Å²) in [6.45, 7) is 7.41. The molecule has 1 saturated heterocycles. The number of carbonyl (C=O) groups is 1. The van der Waals surface area contributed by atoms with E-state index in [1.807, 2.05) is 25.5 Å². The Morgan fingerprint density at radius 1 is 1.38 bits per heavy atom. The standard InChI is InChI=1S/C23H30N6O3/c1-14(16-6-20(30)24-8-16)32-22-21-19(25-13-28(21)10-15-4-5-15)7-18(27-22)17-9-26-29(11-17)12-23(2,3)31/h7,9,11,13-16,31H,4-6,8,10,12H2,1-3H3,(H,24,30)/t14-,16-/m1/s1. The van der Waals surface area contributed by atoms with Crippen molar-refractivity contribution >= 4 is 16.9 Å². The number of rotatable bonds is 8.